The molecular weight excluding hydrogens is 245 g/mol. The number of ketones is 1. The molecule has 0 saturated carbocycles. The maximum Gasteiger partial charge on any atom is 0.416 e. The highest BCUT2D eigenvalue weighted by Crippen LogP contribution is 2.29. The summed E-state index contributed by atoms with van der Waals surface area (Å²) in [4.78, 5) is 11.9. The smallest absolute Gasteiger partial charge is 0.287 e. The van der Waals surface area contributed by atoms with Gasteiger partial charge in [0.1, 0.15) is 5.69 Å². The van der Waals surface area contributed by atoms with E-state index in [0.29, 0.717) is 5.69 Å². The Labute approximate surface area is 101 Å². The van der Waals surface area contributed by atoms with E-state index in [2.05, 4.69) is 10.2 Å². The Kier molecular flexibility index (Phi) is 2.94. The van der Waals surface area contributed by atoms with Gasteiger partial charge in [0, 0.05) is 11.3 Å². The molecule has 2 aromatic rings. The predicted octanol–water partition coefficient (Wildman–Crippen LogP) is 2.97. The van der Waals surface area contributed by atoms with Crippen molar-refractivity contribution in [2.45, 2.75) is 13.1 Å². The Bertz CT molecular complexity index is 570. The van der Waals surface area contributed by atoms with E-state index in [9.17, 15) is 18.0 Å². The third kappa shape index (κ3) is 2.42. The second kappa shape index (κ2) is 4.29. The lowest BCUT2D eigenvalue weighted by Crippen LogP contribution is -2.06. The first-order valence-corrected chi connectivity index (χ1v) is 5.12. The first-order valence-electron chi connectivity index (χ1n) is 5.12. The molecule has 0 radical (unpaired) electrons. The van der Waals surface area contributed by atoms with Crippen LogP contribution in [0.2, 0.25) is 0 Å². The zero-order valence-electron chi connectivity index (χ0n) is 9.38. The van der Waals surface area contributed by atoms with Crippen LogP contribution in [0.15, 0.2) is 30.3 Å². The van der Waals surface area contributed by atoms with Crippen LogP contribution in [0.3, 0.4) is 0 Å². The van der Waals surface area contributed by atoms with Gasteiger partial charge >= 0.3 is 6.18 Å². The molecule has 0 fully saturated rings. The lowest BCUT2D eigenvalue weighted by Gasteiger charge is -2.06. The number of H-pyrrole nitrogens is 1. The van der Waals surface area contributed by atoms with E-state index in [0.717, 1.165) is 24.3 Å². The summed E-state index contributed by atoms with van der Waals surface area (Å²) in [6, 6.07) is 5.60. The molecule has 0 saturated heterocycles. The molecule has 0 unspecified atom stereocenters. The van der Waals surface area contributed by atoms with Gasteiger partial charge in [0.2, 0.25) is 5.78 Å². The Hall–Kier alpha value is -2.11. The Balaban J connectivity index is 2.28. The zero-order chi connectivity index (χ0) is 13.3. The first kappa shape index (κ1) is 12.3. The number of nitrogens with zero attached hydrogens (tertiary/aromatic N) is 1. The molecule has 2 rings (SSSR count). The number of halogens is 3. The summed E-state index contributed by atoms with van der Waals surface area (Å²) in [5.74, 6) is -0.409. The van der Waals surface area contributed by atoms with Crippen molar-refractivity contribution in [2.75, 3.05) is 0 Å². The molecule has 0 aliphatic carbocycles. The number of hydrogen-bond donors (Lipinski definition) is 1. The van der Waals surface area contributed by atoms with Gasteiger partial charge in [-0.1, -0.05) is 12.1 Å². The molecule has 1 aromatic carbocycles. The second-order valence-electron chi connectivity index (χ2n) is 3.84. The van der Waals surface area contributed by atoms with Gasteiger partial charge in [-0.2, -0.15) is 18.3 Å². The highest BCUT2D eigenvalue weighted by atomic mass is 19.4. The molecule has 0 bridgehead atoms. The number of aromatic nitrogens is 2. The first-order chi connectivity index (χ1) is 8.38. The monoisotopic (exact) mass is 254 g/mol. The third-order valence-electron chi connectivity index (χ3n) is 2.41. The SMILES string of the molecule is Cc1cc(C(=O)c2ccc(C(F)(F)F)cc2)n[nH]1. The van der Waals surface area contributed by atoms with E-state index >= 15 is 0 Å². The van der Waals surface area contributed by atoms with Crippen molar-refractivity contribution in [3.05, 3.63) is 52.8 Å². The Morgan fingerprint density at radius 1 is 1.22 bits per heavy atom. The zero-order valence-corrected chi connectivity index (χ0v) is 9.38. The number of carbonyl (C=O) groups excluding carboxylic acids is 1. The van der Waals surface area contributed by atoms with Crippen molar-refractivity contribution in [2.24, 2.45) is 0 Å². The van der Waals surface area contributed by atoms with Crippen LogP contribution in [0.5, 0.6) is 0 Å². The van der Waals surface area contributed by atoms with E-state index < -0.39 is 17.5 Å². The number of aromatic amines is 1. The van der Waals surface area contributed by atoms with Crippen LogP contribution < -0.4 is 0 Å². The summed E-state index contributed by atoms with van der Waals surface area (Å²) in [5, 5.41) is 6.37. The van der Waals surface area contributed by atoms with Crippen molar-refractivity contribution in [1.29, 1.82) is 0 Å². The molecule has 1 heterocycles. The van der Waals surface area contributed by atoms with Crippen molar-refractivity contribution in [1.82, 2.24) is 10.2 Å². The van der Waals surface area contributed by atoms with E-state index in [1.54, 1.807) is 13.0 Å². The molecular formula is C12H9F3N2O. The molecule has 18 heavy (non-hydrogen) atoms. The molecule has 0 aliphatic heterocycles. The van der Waals surface area contributed by atoms with Crippen LogP contribution in [0.1, 0.15) is 27.3 Å². The van der Waals surface area contributed by atoms with Gasteiger partial charge in [0.25, 0.3) is 0 Å². The number of hydrogen-bond acceptors (Lipinski definition) is 2. The molecule has 0 aliphatic rings. The van der Waals surface area contributed by atoms with Crippen LogP contribution in [0.25, 0.3) is 0 Å². The average molecular weight is 254 g/mol. The molecule has 6 heteroatoms. The summed E-state index contributed by atoms with van der Waals surface area (Å²) in [5.41, 5.74) is 0.296. The van der Waals surface area contributed by atoms with Crippen LogP contribution >= 0.6 is 0 Å². The van der Waals surface area contributed by atoms with Crippen molar-refractivity contribution < 1.29 is 18.0 Å². The number of nitrogens with one attached hydrogen (secondary N) is 1. The molecule has 1 aromatic heterocycles. The van der Waals surface area contributed by atoms with E-state index in [1.807, 2.05) is 0 Å². The van der Waals surface area contributed by atoms with Gasteiger partial charge < -0.3 is 0 Å². The lowest BCUT2D eigenvalue weighted by molar-refractivity contribution is -0.137. The fraction of sp³-hybridized carbons (Fsp3) is 0.167. The van der Waals surface area contributed by atoms with Gasteiger partial charge in [-0.15, -0.1) is 0 Å². The van der Waals surface area contributed by atoms with Crippen molar-refractivity contribution >= 4 is 5.78 Å². The van der Waals surface area contributed by atoms with E-state index in [4.69, 9.17) is 0 Å². The fourth-order valence-electron chi connectivity index (χ4n) is 1.49. The third-order valence-corrected chi connectivity index (χ3v) is 2.41. The van der Waals surface area contributed by atoms with Gasteiger partial charge in [0.05, 0.1) is 5.56 Å². The number of aryl methyl sites for hydroxylation is 1. The quantitative estimate of drug-likeness (QED) is 0.837. The topological polar surface area (TPSA) is 45.8 Å². The molecule has 94 valence electrons. The number of carbonyl (C=O) groups is 1. The van der Waals surface area contributed by atoms with Gasteiger partial charge in [-0.3, -0.25) is 9.89 Å². The van der Waals surface area contributed by atoms with Crippen LogP contribution in [-0.2, 0) is 6.18 Å². The van der Waals surface area contributed by atoms with Gasteiger partial charge in [-0.25, -0.2) is 0 Å². The maximum atomic E-state index is 12.3. The van der Waals surface area contributed by atoms with Crippen molar-refractivity contribution in [3.8, 4) is 0 Å². The van der Waals surface area contributed by atoms with E-state index in [-0.39, 0.29) is 11.3 Å². The summed E-state index contributed by atoms with van der Waals surface area (Å²) < 4.78 is 37.0. The van der Waals surface area contributed by atoms with Crippen LogP contribution in [-0.4, -0.2) is 16.0 Å². The molecule has 3 nitrogen and oxygen atoms in total. The van der Waals surface area contributed by atoms with Crippen molar-refractivity contribution in [3.63, 3.8) is 0 Å². The molecule has 0 amide bonds. The average Bonchev–Trinajstić information content (AvgIpc) is 2.74. The summed E-state index contributed by atoms with van der Waals surface area (Å²) in [6.07, 6.45) is -4.40. The highest BCUT2D eigenvalue weighted by molar-refractivity contribution is 6.07. The highest BCUT2D eigenvalue weighted by Gasteiger charge is 2.30. The normalized spacial score (nSPS) is 11.6. The Morgan fingerprint density at radius 2 is 1.83 bits per heavy atom. The van der Waals surface area contributed by atoms with Crippen LogP contribution in [0, 0.1) is 6.92 Å². The predicted molar refractivity (Wildman–Crippen MR) is 58.2 cm³/mol. The van der Waals surface area contributed by atoms with Gasteiger partial charge in [-0.05, 0) is 25.1 Å². The maximum absolute atomic E-state index is 12.3. The second-order valence-corrected chi connectivity index (χ2v) is 3.84. The molecule has 0 atom stereocenters. The van der Waals surface area contributed by atoms with Crippen LogP contribution in [0.4, 0.5) is 13.2 Å². The minimum Gasteiger partial charge on any atom is -0.287 e. The summed E-state index contributed by atoms with van der Waals surface area (Å²) in [7, 11) is 0. The lowest BCUT2D eigenvalue weighted by atomic mass is 10.1. The Morgan fingerprint density at radius 3 is 2.28 bits per heavy atom. The fourth-order valence-corrected chi connectivity index (χ4v) is 1.49. The number of alkyl halides is 3. The number of rotatable bonds is 2. The summed E-state index contributed by atoms with van der Waals surface area (Å²) in [6.45, 7) is 1.73. The minimum atomic E-state index is -4.40. The van der Waals surface area contributed by atoms with Gasteiger partial charge in [0.15, 0.2) is 0 Å². The standard InChI is InChI=1S/C12H9F3N2O/c1-7-6-10(17-16-7)11(18)8-2-4-9(5-3-8)12(13,14)15/h2-6H,1H3,(H,16,17). The largest absolute Gasteiger partial charge is 0.416 e. The summed E-state index contributed by atoms with van der Waals surface area (Å²) >= 11 is 0. The molecule has 1 N–H and O–H groups in total. The molecule has 0 spiro atoms. The minimum absolute atomic E-state index is 0.175. The number of benzene rings is 1. The van der Waals surface area contributed by atoms with E-state index in [1.165, 1.54) is 0 Å².